The number of hydrogen-bond acceptors (Lipinski definition) is 4. The van der Waals surface area contributed by atoms with Crippen LogP contribution in [0.5, 0.6) is 5.88 Å². The van der Waals surface area contributed by atoms with Crippen LogP contribution >= 0.6 is 11.6 Å². The Bertz CT molecular complexity index is 870. The average Bonchev–Trinajstić information content (AvgIpc) is 2.61. The highest BCUT2D eigenvalue weighted by atomic mass is 35.5. The fourth-order valence-corrected chi connectivity index (χ4v) is 4.26. The van der Waals surface area contributed by atoms with Gasteiger partial charge in [0.1, 0.15) is 6.10 Å². The molecule has 0 amide bonds. The summed E-state index contributed by atoms with van der Waals surface area (Å²) in [6, 6.07) is 5.60. The molecule has 9 heteroatoms. The minimum atomic E-state index is -3.90. The lowest BCUT2D eigenvalue weighted by Gasteiger charge is -2.29. The first kappa shape index (κ1) is 19.0. The number of rotatable bonds is 5. The normalized spacial score (nSPS) is 20.7. The van der Waals surface area contributed by atoms with Crippen LogP contribution in [0.2, 0.25) is 5.02 Å². The van der Waals surface area contributed by atoms with Crippen LogP contribution in [0.4, 0.5) is 8.78 Å². The number of nitrogens with zero attached hydrogens (tertiary/aromatic N) is 1. The Kier molecular flexibility index (Phi) is 5.74. The molecule has 0 radical (unpaired) electrons. The maximum Gasteiger partial charge on any atom is 0.240 e. The Labute approximate surface area is 155 Å². The molecule has 1 N–H and O–H groups in total. The molecule has 0 saturated heterocycles. The second-order valence-corrected chi connectivity index (χ2v) is 8.25. The van der Waals surface area contributed by atoms with Crippen molar-refractivity contribution in [2.75, 3.05) is 0 Å². The molecule has 2 aromatic rings. The largest absolute Gasteiger partial charge is 0.474 e. The Morgan fingerprint density at radius 2 is 1.81 bits per heavy atom. The molecule has 1 saturated carbocycles. The summed E-state index contributed by atoms with van der Waals surface area (Å²) in [6.45, 7) is 0. The molecule has 0 atom stereocenters. The van der Waals surface area contributed by atoms with Gasteiger partial charge in [0.05, 0.1) is 9.92 Å². The molecule has 0 bridgehead atoms. The van der Waals surface area contributed by atoms with Gasteiger partial charge in [-0.3, -0.25) is 0 Å². The molecule has 0 aliphatic heterocycles. The summed E-state index contributed by atoms with van der Waals surface area (Å²) >= 11 is 5.78. The molecule has 1 aromatic carbocycles. The standard InChI is InChI=1S/C17H17ClF2N2O3S/c18-11-1-8-17(21-10-11)25-13-4-2-12(3-5-13)22-26(23,24)14-6-7-15(19)16(20)9-14/h1,6-10,12-13,22H,2-5H2. The maximum atomic E-state index is 13.3. The van der Waals surface area contributed by atoms with Crippen LogP contribution in [0.1, 0.15) is 25.7 Å². The quantitative estimate of drug-likeness (QED) is 0.828. The van der Waals surface area contributed by atoms with E-state index >= 15 is 0 Å². The predicted molar refractivity (Wildman–Crippen MR) is 92.6 cm³/mol. The van der Waals surface area contributed by atoms with Crippen LogP contribution in [0.15, 0.2) is 41.4 Å². The number of nitrogens with one attached hydrogen (secondary N) is 1. The molecule has 1 heterocycles. The van der Waals surface area contributed by atoms with Gasteiger partial charge in [-0.25, -0.2) is 26.9 Å². The van der Waals surface area contributed by atoms with Gasteiger partial charge < -0.3 is 4.74 Å². The third-order valence-corrected chi connectivity index (χ3v) is 5.93. The van der Waals surface area contributed by atoms with Crippen molar-refractivity contribution in [3.8, 4) is 5.88 Å². The fourth-order valence-electron chi connectivity index (χ4n) is 2.83. The van der Waals surface area contributed by atoms with E-state index < -0.39 is 21.7 Å². The molecular weight excluding hydrogens is 386 g/mol. The molecule has 0 unspecified atom stereocenters. The molecule has 140 valence electrons. The number of pyridine rings is 1. The zero-order valence-corrected chi connectivity index (χ0v) is 15.2. The van der Waals surface area contributed by atoms with Gasteiger partial charge in [-0.2, -0.15) is 0 Å². The topological polar surface area (TPSA) is 68.3 Å². The Morgan fingerprint density at radius 1 is 1.08 bits per heavy atom. The van der Waals surface area contributed by atoms with Gasteiger partial charge in [0.15, 0.2) is 11.6 Å². The minimum absolute atomic E-state index is 0.0623. The second-order valence-electron chi connectivity index (χ2n) is 6.10. The number of ether oxygens (including phenoxy) is 1. The summed E-state index contributed by atoms with van der Waals surface area (Å²) in [5.41, 5.74) is 0. The van der Waals surface area contributed by atoms with E-state index in [-0.39, 0.29) is 17.0 Å². The Hall–Kier alpha value is -1.77. The maximum absolute atomic E-state index is 13.3. The Balaban J connectivity index is 1.56. The first-order chi connectivity index (χ1) is 12.3. The van der Waals surface area contributed by atoms with Gasteiger partial charge in [0, 0.05) is 18.3 Å². The smallest absolute Gasteiger partial charge is 0.240 e. The summed E-state index contributed by atoms with van der Waals surface area (Å²) in [6.07, 6.45) is 3.87. The van der Waals surface area contributed by atoms with Crippen LogP contribution in [-0.2, 0) is 10.0 Å². The van der Waals surface area contributed by atoms with Crippen molar-refractivity contribution in [3.63, 3.8) is 0 Å². The zero-order valence-electron chi connectivity index (χ0n) is 13.7. The number of sulfonamides is 1. The van der Waals surface area contributed by atoms with Crippen molar-refractivity contribution < 1.29 is 21.9 Å². The highest BCUT2D eigenvalue weighted by molar-refractivity contribution is 7.89. The van der Waals surface area contributed by atoms with Gasteiger partial charge >= 0.3 is 0 Å². The molecule has 0 spiro atoms. The lowest BCUT2D eigenvalue weighted by Crippen LogP contribution is -2.39. The summed E-state index contributed by atoms with van der Waals surface area (Å²) in [5, 5.41) is 0.521. The first-order valence-corrected chi connectivity index (χ1v) is 9.95. The van der Waals surface area contributed by atoms with Crippen LogP contribution < -0.4 is 9.46 Å². The molecule has 26 heavy (non-hydrogen) atoms. The monoisotopic (exact) mass is 402 g/mol. The molecule has 1 aliphatic rings. The molecule has 3 rings (SSSR count). The molecule has 1 fully saturated rings. The van der Waals surface area contributed by atoms with Crippen molar-refractivity contribution in [3.05, 3.63) is 53.2 Å². The number of benzene rings is 1. The van der Waals surface area contributed by atoms with Gasteiger partial charge in [0.25, 0.3) is 0 Å². The van der Waals surface area contributed by atoms with E-state index in [1.54, 1.807) is 12.1 Å². The van der Waals surface area contributed by atoms with Crippen LogP contribution in [0.3, 0.4) is 0 Å². The Morgan fingerprint density at radius 3 is 2.42 bits per heavy atom. The van der Waals surface area contributed by atoms with Gasteiger partial charge in [0.2, 0.25) is 15.9 Å². The average molecular weight is 403 g/mol. The highest BCUT2D eigenvalue weighted by Gasteiger charge is 2.27. The second kappa shape index (κ2) is 7.85. The summed E-state index contributed by atoms with van der Waals surface area (Å²) < 4.78 is 59.2. The summed E-state index contributed by atoms with van der Waals surface area (Å²) in [5.74, 6) is -1.81. The molecular formula is C17H17ClF2N2O3S. The third-order valence-electron chi connectivity index (χ3n) is 4.19. The highest BCUT2D eigenvalue weighted by Crippen LogP contribution is 2.25. The lowest BCUT2D eigenvalue weighted by atomic mass is 9.94. The van der Waals surface area contributed by atoms with Crippen molar-refractivity contribution >= 4 is 21.6 Å². The van der Waals surface area contributed by atoms with E-state index in [0.29, 0.717) is 42.7 Å². The predicted octanol–water partition coefficient (Wildman–Crippen LogP) is 3.68. The van der Waals surface area contributed by atoms with E-state index in [4.69, 9.17) is 16.3 Å². The van der Waals surface area contributed by atoms with Crippen molar-refractivity contribution in [2.24, 2.45) is 0 Å². The minimum Gasteiger partial charge on any atom is -0.474 e. The van der Waals surface area contributed by atoms with E-state index in [1.165, 1.54) is 6.20 Å². The van der Waals surface area contributed by atoms with Crippen molar-refractivity contribution in [1.82, 2.24) is 9.71 Å². The van der Waals surface area contributed by atoms with Crippen LogP contribution in [0, 0.1) is 11.6 Å². The molecule has 1 aliphatic carbocycles. The third kappa shape index (κ3) is 4.69. The summed E-state index contributed by atoms with van der Waals surface area (Å²) in [4.78, 5) is 3.78. The number of aromatic nitrogens is 1. The number of hydrogen-bond donors (Lipinski definition) is 1. The van der Waals surface area contributed by atoms with E-state index in [2.05, 4.69) is 9.71 Å². The van der Waals surface area contributed by atoms with Crippen molar-refractivity contribution in [2.45, 2.75) is 42.7 Å². The first-order valence-electron chi connectivity index (χ1n) is 8.09. The van der Waals surface area contributed by atoms with Crippen LogP contribution in [-0.4, -0.2) is 25.5 Å². The SMILES string of the molecule is O=S(=O)(NC1CCC(Oc2ccc(Cl)cn2)CC1)c1ccc(F)c(F)c1. The van der Waals surface area contributed by atoms with E-state index in [0.717, 1.165) is 12.1 Å². The molecule has 1 aromatic heterocycles. The van der Waals surface area contributed by atoms with Crippen molar-refractivity contribution in [1.29, 1.82) is 0 Å². The van der Waals surface area contributed by atoms with Gasteiger partial charge in [-0.15, -0.1) is 0 Å². The van der Waals surface area contributed by atoms with Crippen LogP contribution in [0.25, 0.3) is 0 Å². The summed E-state index contributed by atoms with van der Waals surface area (Å²) in [7, 11) is -3.90. The van der Waals surface area contributed by atoms with E-state index in [1.807, 2.05) is 0 Å². The zero-order chi connectivity index (χ0) is 18.7. The van der Waals surface area contributed by atoms with Gasteiger partial charge in [-0.1, -0.05) is 11.6 Å². The molecule has 5 nitrogen and oxygen atoms in total. The van der Waals surface area contributed by atoms with E-state index in [9.17, 15) is 17.2 Å². The van der Waals surface area contributed by atoms with Gasteiger partial charge in [-0.05, 0) is 49.9 Å². The fraction of sp³-hybridized carbons (Fsp3) is 0.353. The lowest BCUT2D eigenvalue weighted by molar-refractivity contribution is 0.138. The number of halogens is 3.